The molecule has 0 saturated carbocycles. The number of hydrogen-bond donors (Lipinski definition) is 2. The minimum absolute atomic E-state index is 0.559. The van der Waals surface area contributed by atoms with Crippen LogP contribution in [0.3, 0.4) is 0 Å². The first-order chi connectivity index (χ1) is 9.81. The van der Waals surface area contributed by atoms with E-state index in [9.17, 15) is 0 Å². The normalized spacial score (nSPS) is 13.6. The molecule has 3 aromatic rings. The molecule has 2 aromatic heterocycles. The minimum Gasteiger partial charge on any atom is -0.486 e. The molecule has 100 valence electrons. The molecule has 0 atom stereocenters. The molecule has 0 aliphatic carbocycles. The molecule has 0 unspecified atom stereocenters. The smallest absolute Gasteiger partial charge is 0.163 e. The van der Waals surface area contributed by atoms with Crippen molar-refractivity contribution in [2.75, 3.05) is 18.9 Å². The van der Waals surface area contributed by atoms with Gasteiger partial charge in [0.15, 0.2) is 17.3 Å². The van der Waals surface area contributed by atoms with Gasteiger partial charge in [-0.3, -0.25) is 4.98 Å². The molecule has 1 aliphatic rings. The van der Waals surface area contributed by atoms with Gasteiger partial charge in [0.25, 0.3) is 0 Å². The fourth-order valence-electron chi connectivity index (χ4n) is 2.27. The molecule has 3 heterocycles. The van der Waals surface area contributed by atoms with E-state index in [1.807, 2.05) is 12.1 Å². The Labute approximate surface area is 114 Å². The highest BCUT2D eigenvalue weighted by molar-refractivity contribution is 5.84. The molecule has 6 nitrogen and oxygen atoms in total. The van der Waals surface area contributed by atoms with Crippen molar-refractivity contribution in [2.24, 2.45) is 0 Å². The highest BCUT2D eigenvalue weighted by Crippen LogP contribution is 2.34. The molecule has 1 aromatic carbocycles. The number of nitrogens with zero attached hydrogens (tertiary/aromatic N) is 2. The lowest BCUT2D eigenvalue weighted by Gasteiger charge is -2.17. The predicted molar refractivity (Wildman–Crippen MR) is 74.7 cm³/mol. The van der Waals surface area contributed by atoms with E-state index in [0.29, 0.717) is 30.4 Å². The van der Waals surface area contributed by atoms with Gasteiger partial charge < -0.3 is 20.2 Å². The van der Waals surface area contributed by atoms with Gasteiger partial charge in [-0.1, -0.05) is 0 Å². The van der Waals surface area contributed by atoms with Crippen LogP contribution in [0, 0.1) is 0 Å². The molecular formula is C14H12N4O2. The molecule has 0 spiro atoms. The number of anilines is 1. The molecule has 0 radical (unpaired) electrons. The molecule has 1 aliphatic heterocycles. The van der Waals surface area contributed by atoms with Crippen LogP contribution in [-0.4, -0.2) is 28.2 Å². The SMILES string of the molecule is Nc1cccnc1-c1nc2cc3c(cc2[nH]1)OCCO3. The van der Waals surface area contributed by atoms with Gasteiger partial charge in [0.2, 0.25) is 0 Å². The second-order valence-electron chi connectivity index (χ2n) is 4.54. The van der Waals surface area contributed by atoms with Crippen LogP contribution >= 0.6 is 0 Å². The van der Waals surface area contributed by atoms with Gasteiger partial charge in [-0.2, -0.15) is 0 Å². The third kappa shape index (κ3) is 1.65. The first-order valence-corrected chi connectivity index (χ1v) is 6.31. The summed E-state index contributed by atoms with van der Waals surface area (Å²) >= 11 is 0. The highest BCUT2D eigenvalue weighted by atomic mass is 16.6. The number of H-pyrrole nitrogens is 1. The number of nitrogens with one attached hydrogen (secondary N) is 1. The summed E-state index contributed by atoms with van der Waals surface area (Å²) in [6.07, 6.45) is 1.69. The number of benzene rings is 1. The standard InChI is InChI=1S/C14H12N4O2/c15-8-2-1-3-16-13(8)14-17-9-6-11-12(7-10(9)18-14)20-5-4-19-11/h1-3,6-7H,4-5,15H2,(H,17,18). The molecule has 0 fully saturated rings. The van der Waals surface area contributed by atoms with Gasteiger partial charge in [0.05, 0.1) is 16.7 Å². The van der Waals surface area contributed by atoms with Crippen molar-refractivity contribution in [3.05, 3.63) is 30.5 Å². The largest absolute Gasteiger partial charge is 0.486 e. The average Bonchev–Trinajstić information content (AvgIpc) is 2.87. The summed E-state index contributed by atoms with van der Waals surface area (Å²) in [5.41, 5.74) is 8.82. The number of ether oxygens (including phenoxy) is 2. The Balaban J connectivity index is 1.89. The first kappa shape index (κ1) is 11.1. The summed E-state index contributed by atoms with van der Waals surface area (Å²) in [5.74, 6) is 2.09. The highest BCUT2D eigenvalue weighted by Gasteiger charge is 2.16. The molecule has 0 saturated heterocycles. The van der Waals surface area contributed by atoms with Gasteiger partial charge in [0, 0.05) is 18.3 Å². The summed E-state index contributed by atoms with van der Waals surface area (Å²) < 4.78 is 11.1. The van der Waals surface area contributed by atoms with Gasteiger partial charge >= 0.3 is 0 Å². The molecule has 0 amide bonds. The number of aromatic amines is 1. The van der Waals surface area contributed by atoms with Crippen LogP contribution < -0.4 is 15.2 Å². The van der Waals surface area contributed by atoms with E-state index in [2.05, 4.69) is 15.0 Å². The Morgan fingerprint density at radius 1 is 1.15 bits per heavy atom. The third-order valence-electron chi connectivity index (χ3n) is 3.21. The average molecular weight is 268 g/mol. The number of imidazole rings is 1. The van der Waals surface area contributed by atoms with E-state index in [-0.39, 0.29) is 0 Å². The van der Waals surface area contributed by atoms with E-state index in [0.717, 1.165) is 22.5 Å². The minimum atomic E-state index is 0.559. The van der Waals surface area contributed by atoms with Gasteiger partial charge in [-0.25, -0.2) is 4.98 Å². The molecule has 20 heavy (non-hydrogen) atoms. The van der Waals surface area contributed by atoms with Gasteiger partial charge in [-0.15, -0.1) is 0 Å². The quantitative estimate of drug-likeness (QED) is 0.704. The Kier molecular flexibility index (Phi) is 2.29. The van der Waals surface area contributed by atoms with Crippen molar-refractivity contribution in [2.45, 2.75) is 0 Å². The number of nitrogen functional groups attached to an aromatic ring is 1. The maximum absolute atomic E-state index is 5.92. The van der Waals surface area contributed by atoms with E-state index in [1.165, 1.54) is 0 Å². The second kappa shape index (κ2) is 4.12. The second-order valence-corrected chi connectivity index (χ2v) is 4.54. The van der Waals surface area contributed by atoms with Crippen molar-refractivity contribution >= 4 is 16.7 Å². The van der Waals surface area contributed by atoms with Crippen LogP contribution in [0.25, 0.3) is 22.6 Å². The van der Waals surface area contributed by atoms with Crippen LogP contribution in [-0.2, 0) is 0 Å². The zero-order valence-electron chi connectivity index (χ0n) is 10.6. The molecule has 6 heteroatoms. The molecular weight excluding hydrogens is 256 g/mol. The van der Waals surface area contributed by atoms with Gasteiger partial charge in [0.1, 0.15) is 18.9 Å². The number of nitrogens with two attached hydrogens (primary N) is 1. The van der Waals surface area contributed by atoms with Crippen LogP contribution in [0.1, 0.15) is 0 Å². The van der Waals surface area contributed by atoms with E-state index in [1.54, 1.807) is 18.3 Å². The fourth-order valence-corrected chi connectivity index (χ4v) is 2.27. The van der Waals surface area contributed by atoms with E-state index >= 15 is 0 Å². The maximum atomic E-state index is 5.92. The first-order valence-electron chi connectivity index (χ1n) is 6.31. The van der Waals surface area contributed by atoms with Crippen LogP contribution in [0.15, 0.2) is 30.5 Å². The summed E-state index contributed by atoms with van der Waals surface area (Å²) in [6.45, 7) is 1.12. The lowest BCUT2D eigenvalue weighted by Crippen LogP contribution is -2.15. The Morgan fingerprint density at radius 3 is 2.75 bits per heavy atom. The van der Waals surface area contributed by atoms with E-state index < -0.39 is 0 Å². The third-order valence-corrected chi connectivity index (χ3v) is 3.21. The van der Waals surface area contributed by atoms with Crippen molar-refractivity contribution in [3.8, 4) is 23.0 Å². The number of hydrogen-bond acceptors (Lipinski definition) is 5. The predicted octanol–water partition coefficient (Wildman–Crippen LogP) is 1.98. The van der Waals surface area contributed by atoms with Crippen LogP contribution in [0.2, 0.25) is 0 Å². The van der Waals surface area contributed by atoms with E-state index in [4.69, 9.17) is 15.2 Å². The van der Waals surface area contributed by atoms with Crippen molar-refractivity contribution in [1.82, 2.24) is 15.0 Å². The molecule has 4 rings (SSSR count). The van der Waals surface area contributed by atoms with Gasteiger partial charge in [-0.05, 0) is 12.1 Å². The molecule has 3 N–H and O–H groups in total. The lowest BCUT2D eigenvalue weighted by atomic mass is 10.2. The summed E-state index contributed by atoms with van der Waals surface area (Å²) in [4.78, 5) is 12.0. The number of pyridine rings is 1. The summed E-state index contributed by atoms with van der Waals surface area (Å²) in [6, 6.07) is 7.34. The molecule has 0 bridgehead atoms. The van der Waals surface area contributed by atoms with Crippen LogP contribution in [0.5, 0.6) is 11.5 Å². The Bertz CT molecular complexity index is 754. The van der Waals surface area contributed by atoms with Crippen molar-refractivity contribution in [1.29, 1.82) is 0 Å². The number of rotatable bonds is 1. The monoisotopic (exact) mass is 268 g/mol. The summed E-state index contributed by atoms with van der Waals surface area (Å²) in [5, 5.41) is 0. The zero-order chi connectivity index (χ0) is 13.5. The number of aromatic nitrogens is 3. The van der Waals surface area contributed by atoms with Crippen LogP contribution in [0.4, 0.5) is 5.69 Å². The zero-order valence-corrected chi connectivity index (χ0v) is 10.6. The lowest BCUT2D eigenvalue weighted by molar-refractivity contribution is 0.172. The Morgan fingerprint density at radius 2 is 1.95 bits per heavy atom. The summed E-state index contributed by atoms with van der Waals surface area (Å²) in [7, 11) is 0. The maximum Gasteiger partial charge on any atom is 0.163 e. The van der Waals surface area contributed by atoms with Crippen molar-refractivity contribution in [3.63, 3.8) is 0 Å². The topological polar surface area (TPSA) is 86.1 Å². The number of fused-ring (bicyclic) bond motifs is 2. The Hall–Kier alpha value is -2.76. The van der Waals surface area contributed by atoms with Crippen molar-refractivity contribution < 1.29 is 9.47 Å². The fraction of sp³-hybridized carbons (Fsp3) is 0.143.